The van der Waals surface area contributed by atoms with Crippen LogP contribution in [-0.4, -0.2) is 5.78 Å². The van der Waals surface area contributed by atoms with Crippen LogP contribution in [0.15, 0.2) is 23.8 Å². The monoisotopic (exact) mass is 446 g/mol. The van der Waals surface area contributed by atoms with Crippen LogP contribution >= 0.6 is 0 Å². The second-order valence-electron chi connectivity index (χ2n) is 10.2. The molecular formula is C31H58O. The van der Waals surface area contributed by atoms with E-state index in [-0.39, 0.29) is 5.78 Å². The highest BCUT2D eigenvalue weighted by atomic mass is 16.1. The van der Waals surface area contributed by atoms with Gasteiger partial charge in [-0.3, -0.25) is 4.79 Å². The van der Waals surface area contributed by atoms with Crippen molar-refractivity contribution in [1.29, 1.82) is 0 Å². The smallest absolute Gasteiger partial charge is 0.155 e. The molecule has 0 N–H and O–H groups in total. The normalized spacial score (nSPS) is 11.8. The number of carbonyl (C=O) groups excluding carboxylic acids is 1. The third-order valence-corrected chi connectivity index (χ3v) is 6.85. The Hall–Kier alpha value is -0.850. The van der Waals surface area contributed by atoms with Crippen LogP contribution in [0.3, 0.4) is 0 Å². The standard InChI is InChI=1S/C31H58O/c1-5-6-7-8-9-10-11-12-13-14-15-16-17-18-20-23-26-29(2)27-24-21-19-22-25-28-30(3)31(4)32/h26H,3,5-25,27-28H2,1-2,4H3. The molecule has 0 aliphatic rings. The molecule has 0 aliphatic heterocycles. The van der Waals surface area contributed by atoms with Gasteiger partial charge in [0, 0.05) is 0 Å². The van der Waals surface area contributed by atoms with Crippen LogP contribution < -0.4 is 0 Å². The number of hydrogen-bond donors (Lipinski definition) is 0. The Labute approximate surface area is 202 Å². The third-order valence-electron chi connectivity index (χ3n) is 6.85. The second-order valence-corrected chi connectivity index (χ2v) is 10.2. The van der Waals surface area contributed by atoms with E-state index in [0.717, 1.165) is 18.4 Å². The van der Waals surface area contributed by atoms with Crippen molar-refractivity contribution in [3.63, 3.8) is 0 Å². The lowest BCUT2D eigenvalue weighted by atomic mass is 10.0. The molecule has 0 atom stereocenters. The number of rotatable bonds is 25. The molecule has 0 aliphatic carbocycles. The average molecular weight is 447 g/mol. The Bertz CT molecular complexity index is 459. The fourth-order valence-electron chi connectivity index (χ4n) is 4.41. The maximum atomic E-state index is 11.1. The number of Topliss-reactive ketones (excluding diaryl/α,β-unsaturated/α-hetero) is 1. The summed E-state index contributed by atoms with van der Waals surface area (Å²) in [6, 6.07) is 0. The van der Waals surface area contributed by atoms with Gasteiger partial charge >= 0.3 is 0 Å². The lowest BCUT2D eigenvalue weighted by Crippen LogP contribution is -1.94. The van der Waals surface area contributed by atoms with Crippen molar-refractivity contribution in [1.82, 2.24) is 0 Å². The molecule has 0 amide bonds. The van der Waals surface area contributed by atoms with Gasteiger partial charge in [-0.2, -0.15) is 0 Å². The Balaban J connectivity index is 3.28. The van der Waals surface area contributed by atoms with Crippen LogP contribution in [0.2, 0.25) is 0 Å². The summed E-state index contributed by atoms with van der Waals surface area (Å²) in [5, 5.41) is 0. The van der Waals surface area contributed by atoms with Gasteiger partial charge in [0.05, 0.1) is 0 Å². The van der Waals surface area contributed by atoms with Gasteiger partial charge in [0.25, 0.3) is 0 Å². The summed E-state index contributed by atoms with van der Waals surface area (Å²) >= 11 is 0. The summed E-state index contributed by atoms with van der Waals surface area (Å²) in [5.41, 5.74) is 2.38. The molecular weight excluding hydrogens is 388 g/mol. The number of ketones is 1. The zero-order chi connectivity index (χ0) is 23.7. The molecule has 0 fully saturated rings. The summed E-state index contributed by atoms with van der Waals surface area (Å²) in [6.07, 6.45) is 33.8. The van der Waals surface area contributed by atoms with Gasteiger partial charge in [-0.1, -0.05) is 134 Å². The molecule has 0 saturated heterocycles. The molecule has 0 rings (SSSR count). The Kier molecular flexibility index (Phi) is 24.1. The fraction of sp³-hybridized carbons (Fsp3) is 0.839. The van der Waals surface area contributed by atoms with Crippen molar-refractivity contribution in [3.8, 4) is 0 Å². The fourth-order valence-corrected chi connectivity index (χ4v) is 4.41. The molecule has 0 bridgehead atoms. The van der Waals surface area contributed by atoms with E-state index in [1.807, 2.05) is 0 Å². The van der Waals surface area contributed by atoms with Crippen molar-refractivity contribution in [2.75, 3.05) is 0 Å². The number of allylic oxidation sites excluding steroid dienone is 3. The van der Waals surface area contributed by atoms with Crippen LogP contribution in [0.4, 0.5) is 0 Å². The molecule has 0 spiro atoms. The number of carbonyl (C=O) groups is 1. The van der Waals surface area contributed by atoms with Crippen molar-refractivity contribution in [2.24, 2.45) is 0 Å². The predicted octanol–water partition coefficient (Wildman–Crippen LogP) is 11.1. The van der Waals surface area contributed by atoms with Crippen molar-refractivity contribution < 1.29 is 4.79 Å². The van der Waals surface area contributed by atoms with Crippen LogP contribution in [0.5, 0.6) is 0 Å². The first-order valence-corrected chi connectivity index (χ1v) is 14.4. The van der Waals surface area contributed by atoms with Crippen LogP contribution in [0, 0.1) is 0 Å². The molecule has 188 valence electrons. The zero-order valence-corrected chi connectivity index (χ0v) is 22.5. The van der Waals surface area contributed by atoms with E-state index < -0.39 is 0 Å². The molecule has 0 unspecified atom stereocenters. The minimum Gasteiger partial charge on any atom is -0.295 e. The number of unbranched alkanes of at least 4 members (excludes halogenated alkanes) is 19. The maximum absolute atomic E-state index is 11.1. The first-order valence-electron chi connectivity index (χ1n) is 14.4. The minimum atomic E-state index is 0.153. The molecule has 0 radical (unpaired) electrons. The Morgan fingerprint density at radius 3 is 1.38 bits per heavy atom. The van der Waals surface area contributed by atoms with E-state index in [0.29, 0.717) is 0 Å². The summed E-state index contributed by atoms with van der Waals surface area (Å²) in [4.78, 5) is 11.1. The van der Waals surface area contributed by atoms with Crippen molar-refractivity contribution >= 4 is 5.78 Å². The number of hydrogen-bond acceptors (Lipinski definition) is 1. The van der Waals surface area contributed by atoms with Gasteiger partial charge in [-0.15, -0.1) is 0 Å². The molecule has 0 heterocycles. The highest BCUT2D eigenvalue weighted by molar-refractivity contribution is 5.92. The average Bonchev–Trinajstić information content (AvgIpc) is 2.77. The third kappa shape index (κ3) is 23.8. The van der Waals surface area contributed by atoms with E-state index in [2.05, 4.69) is 26.5 Å². The van der Waals surface area contributed by atoms with Crippen LogP contribution in [-0.2, 0) is 4.79 Å². The SMILES string of the molecule is C=C(CCCCCCCC(C)=CCCCCCCCCCCCCCCCCC)C(C)=O. The first-order chi connectivity index (χ1) is 15.6. The summed E-state index contributed by atoms with van der Waals surface area (Å²) < 4.78 is 0. The molecule has 0 aromatic rings. The summed E-state index contributed by atoms with van der Waals surface area (Å²) in [7, 11) is 0. The summed E-state index contributed by atoms with van der Waals surface area (Å²) in [6.45, 7) is 10.1. The van der Waals surface area contributed by atoms with Crippen LogP contribution in [0.25, 0.3) is 0 Å². The maximum Gasteiger partial charge on any atom is 0.155 e. The lowest BCUT2D eigenvalue weighted by molar-refractivity contribution is -0.113. The highest BCUT2D eigenvalue weighted by Gasteiger charge is 2.00. The topological polar surface area (TPSA) is 17.1 Å². The molecule has 1 heteroatoms. The Morgan fingerprint density at radius 1 is 0.562 bits per heavy atom. The van der Waals surface area contributed by atoms with Gasteiger partial charge in [0.1, 0.15) is 0 Å². The second kappa shape index (κ2) is 24.8. The highest BCUT2D eigenvalue weighted by Crippen LogP contribution is 2.16. The lowest BCUT2D eigenvalue weighted by Gasteiger charge is -2.04. The minimum absolute atomic E-state index is 0.153. The molecule has 0 aromatic heterocycles. The summed E-state index contributed by atoms with van der Waals surface area (Å²) in [5.74, 6) is 0.153. The van der Waals surface area contributed by atoms with Gasteiger partial charge < -0.3 is 0 Å². The van der Waals surface area contributed by atoms with E-state index in [4.69, 9.17) is 0 Å². The van der Waals surface area contributed by atoms with Gasteiger partial charge in [-0.25, -0.2) is 0 Å². The van der Waals surface area contributed by atoms with Gasteiger partial charge in [-0.05, 0) is 57.9 Å². The first kappa shape index (κ1) is 31.1. The molecule has 1 nitrogen and oxygen atoms in total. The largest absolute Gasteiger partial charge is 0.295 e. The van der Waals surface area contributed by atoms with E-state index in [9.17, 15) is 4.79 Å². The predicted molar refractivity (Wildman–Crippen MR) is 145 cm³/mol. The van der Waals surface area contributed by atoms with Gasteiger partial charge in [0.2, 0.25) is 0 Å². The molecule has 0 saturated carbocycles. The quantitative estimate of drug-likeness (QED) is 0.0774. The van der Waals surface area contributed by atoms with Crippen molar-refractivity contribution in [3.05, 3.63) is 23.8 Å². The van der Waals surface area contributed by atoms with E-state index >= 15 is 0 Å². The molecule has 32 heavy (non-hydrogen) atoms. The molecule has 0 aromatic carbocycles. The van der Waals surface area contributed by atoms with Crippen LogP contribution in [0.1, 0.15) is 168 Å². The van der Waals surface area contributed by atoms with Gasteiger partial charge in [0.15, 0.2) is 5.78 Å². The van der Waals surface area contributed by atoms with E-state index in [1.54, 1.807) is 12.5 Å². The zero-order valence-electron chi connectivity index (χ0n) is 22.5. The van der Waals surface area contributed by atoms with Crippen molar-refractivity contribution in [2.45, 2.75) is 168 Å². The Morgan fingerprint density at radius 2 is 0.938 bits per heavy atom. The van der Waals surface area contributed by atoms with E-state index in [1.165, 1.54) is 135 Å².